The number of hydrogen-bond acceptors (Lipinski definition) is 2. The van der Waals surface area contributed by atoms with Crippen LogP contribution in [-0.4, -0.2) is 31.8 Å². The molecule has 6 heteroatoms. The molecule has 1 unspecified atom stereocenters. The van der Waals surface area contributed by atoms with Gasteiger partial charge in [-0.15, -0.1) is 0 Å². The number of nitrogens with one attached hydrogen (secondary N) is 1. The number of hydrogen-bond donors (Lipinski definition) is 1. The maximum atomic E-state index is 14.9. The van der Waals surface area contributed by atoms with E-state index in [-0.39, 0.29) is 18.0 Å². The lowest BCUT2D eigenvalue weighted by molar-refractivity contribution is 0.0643. The van der Waals surface area contributed by atoms with Crippen molar-refractivity contribution in [3.63, 3.8) is 0 Å². The second-order valence-electron chi connectivity index (χ2n) is 12.0. The molecule has 42 heavy (non-hydrogen) atoms. The number of rotatable bonds is 10. The van der Waals surface area contributed by atoms with Crippen molar-refractivity contribution in [2.75, 3.05) is 0 Å². The second-order valence-corrected chi connectivity index (χ2v) is 16.2. The van der Waals surface area contributed by atoms with E-state index in [1.165, 1.54) is 10.6 Å². The van der Waals surface area contributed by atoms with Crippen LogP contribution in [0.4, 0.5) is 0 Å². The fourth-order valence-electron chi connectivity index (χ4n) is 5.23. The average Bonchev–Trinajstić information content (AvgIpc) is 2.96. The highest BCUT2D eigenvalue weighted by atomic mass is 32.2. The largest absolute Gasteiger partial charge is 0.334 e. The summed E-state index contributed by atoms with van der Waals surface area (Å²) in [5.41, 5.74) is 2.49. The van der Waals surface area contributed by atoms with Crippen LogP contribution in [0.1, 0.15) is 76.0 Å². The average molecular weight is 599 g/mol. The van der Waals surface area contributed by atoms with Crippen molar-refractivity contribution in [2.45, 2.75) is 71.3 Å². The summed E-state index contributed by atoms with van der Waals surface area (Å²) < 4.78 is 16.6. The standard InChI is InChI=1S/C36H43N2O2PS/c1-26(2)38(27(3)4)35(39)33-31(34(28-18-11-8-12-19-28)37-42(40)36(5,6)7)24-17-25-32(33)41(29-20-13-9-14-21-29)30-22-15-10-16-23-30/h8-27,34,37H,1-7H3/t34?,42-/m1/s1. The molecule has 0 saturated heterocycles. The van der Waals surface area contributed by atoms with Crippen LogP contribution in [-0.2, 0) is 11.0 Å². The summed E-state index contributed by atoms with van der Waals surface area (Å²) >= 11 is 0. The summed E-state index contributed by atoms with van der Waals surface area (Å²) in [4.78, 5) is 16.9. The molecule has 0 saturated carbocycles. The van der Waals surface area contributed by atoms with Crippen molar-refractivity contribution >= 4 is 40.7 Å². The Morgan fingerprint density at radius 2 is 1.19 bits per heavy atom. The topological polar surface area (TPSA) is 49.4 Å². The molecule has 0 spiro atoms. The molecule has 0 bridgehead atoms. The molecular formula is C36H43N2O2PS. The molecule has 4 aromatic carbocycles. The van der Waals surface area contributed by atoms with E-state index in [1.807, 2.05) is 74.2 Å². The van der Waals surface area contributed by atoms with Crippen LogP contribution in [0.5, 0.6) is 0 Å². The van der Waals surface area contributed by atoms with Gasteiger partial charge < -0.3 is 4.90 Å². The summed E-state index contributed by atoms with van der Waals surface area (Å²) in [5, 5.41) is 3.35. The zero-order valence-electron chi connectivity index (χ0n) is 25.7. The van der Waals surface area contributed by atoms with Crippen LogP contribution in [0.3, 0.4) is 0 Å². The Bertz CT molecular complexity index is 1440. The third kappa shape index (κ3) is 7.26. The Balaban J connectivity index is 2.07. The molecule has 0 aliphatic carbocycles. The van der Waals surface area contributed by atoms with Crippen molar-refractivity contribution < 1.29 is 9.00 Å². The van der Waals surface area contributed by atoms with Gasteiger partial charge in [-0.05, 0) is 83.4 Å². The Morgan fingerprint density at radius 3 is 1.64 bits per heavy atom. The van der Waals surface area contributed by atoms with Crippen molar-refractivity contribution in [3.8, 4) is 0 Å². The van der Waals surface area contributed by atoms with Crippen LogP contribution < -0.4 is 20.6 Å². The number of amides is 1. The Labute approximate surface area is 255 Å². The molecule has 1 amide bonds. The Kier molecular flexibility index (Phi) is 10.5. The maximum absolute atomic E-state index is 14.9. The number of nitrogens with zero attached hydrogens (tertiary/aromatic N) is 1. The molecule has 0 aliphatic heterocycles. The monoisotopic (exact) mass is 598 g/mol. The number of carbonyl (C=O) groups is 1. The minimum atomic E-state index is -1.38. The quantitative estimate of drug-likeness (QED) is 0.203. The van der Waals surface area contributed by atoms with Crippen molar-refractivity contribution in [3.05, 3.63) is 126 Å². The minimum Gasteiger partial charge on any atom is -0.334 e. The van der Waals surface area contributed by atoms with Gasteiger partial charge in [0.05, 0.1) is 27.3 Å². The first kappa shape index (κ1) is 31.8. The third-order valence-electron chi connectivity index (χ3n) is 7.13. The smallest absolute Gasteiger partial charge is 0.255 e. The van der Waals surface area contributed by atoms with Gasteiger partial charge in [-0.3, -0.25) is 4.79 Å². The Morgan fingerprint density at radius 1 is 0.714 bits per heavy atom. The SMILES string of the molecule is CC(C)N(C(=O)c1c(C(N[S@](=O)C(C)(C)C)c2ccccc2)cccc1P(c1ccccc1)c1ccccc1)C(C)C. The second kappa shape index (κ2) is 13.9. The molecule has 220 valence electrons. The van der Waals surface area contributed by atoms with Crippen molar-refractivity contribution in [2.24, 2.45) is 0 Å². The fourth-order valence-corrected chi connectivity index (χ4v) is 8.54. The highest BCUT2D eigenvalue weighted by molar-refractivity contribution is 7.84. The van der Waals surface area contributed by atoms with Gasteiger partial charge in [0.1, 0.15) is 0 Å². The van der Waals surface area contributed by atoms with Crippen LogP contribution in [0, 0.1) is 0 Å². The first-order chi connectivity index (χ1) is 20.0. The highest BCUT2D eigenvalue weighted by Gasteiger charge is 2.34. The van der Waals surface area contributed by atoms with E-state index in [1.54, 1.807) is 0 Å². The summed E-state index contributed by atoms with van der Waals surface area (Å²) in [6, 6.07) is 36.7. The van der Waals surface area contributed by atoms with Gasteiger partial charge in [0.25, 0.3) is 5.91 Å². The normalized spacial score (nSPS) is 13.4. The minimum absolute atomic E-state index is 0.00456. The number of benzene rings is 4. The van der Waals surface area contributed by atoms with Gasteiger partial charge in [-0.2, -0.15) is 0 Å². The molecule has 0 aromatic heterocycles. The molecule has 0 radical (unpaired) electrons. The van der Waals surface area contributed by atoms with Crippen LogP contribution in [0.15, 0.2) is 109 Å². The van der Waals surface area contributed by atoms with Crippen LogP contribution >= 0.6 is 7.92 Å². The first-order valence-corrected chi connectivity index (χ1v) is 17.1. The van der Waals surface area contributed by atoms with Gasteiger partial charge in [-0.1, -0.05) is 109 Å². The van der Waals surface area contributed by atoms with E-state index in [0.717, 1.165) is 16.4 Å². The predicted molar refractivity (Wildman–Crippen MR) is 181 cm³/mol. The van der Waals surface area contributed by atoms with Crippen molar-refractivity contribution in [1.29, 1.82) is 0 Å². The van der Waals surface area contributed by atoms with E-state index < -0.39 is 29.7 Å². The van der Waals surface area contributed by atoms with E-state index >= 15 is 0 Å². The predicted octanol–water partition coefficient (Wildman–Crippen LogP) is 6.85. The summed E-state index contributed by atoms with van der Waals surface area (Å²) in [6.45, 7) is 14.2. The van der Waals surface area contributed by atoms with Gasteiger partial charge >= 0.3 is 0 Å². The van der Waals surface area contributed by atoms with E-state index in [9.17, 15) is 9.00 Å². The lowest BCUT2D eigenvalue weighted by Crippen LogP contribution is -2.45. The van der Waals surface area contributed by atoms with E-state index in [4.69, 9.17) is 0 Å². The number of carbonyl (C=O) groups excluding carboxylic acids is 1. The summed E-state index contributed by atoms with van der Waals surface area (Å²) in [6.07, 6.45) is 0. The lowest BCUT2D eigenvalue weighted by atomic mass is 9.94. The third-order valence-corrected chi connectivity index (χ3v) is 11.2. The molecule has 4 rings (SSSR count). The first-order valence-electron chi connectivity index (χ1n) is 14.6. The molecule has 0 aliphatic rings. The fraction of sp³-hybridized carbons (Fsp3) is 0.306. The molecule has 1 N–H and O–H groups in total. The summed E-state index contributed by atoms with van der Waals surface area (Å²) in [7, 11) is -2.44. The van der Waals surface area contributed by atoms with Gasteiger partial charge in [-0.25, -0.2) is 8.93 Å². The Hall–Kier alpha value is -3.11. The molecule has 0 heterocycles. The molecular weight excluding hydrogens is 555 g/mol. The van der Waals surface area contributed by atoms with Gasteiger partial charge in [0, 0.05) is 12.1 Å². The molecule has 2 atom stereocenters. The maximum Gasteiger partial charge on any atom is 0.255 e. The van der Waals surface area contributed by atoms with Gasteiger partial charge in [0.2, 0.25) is 0 Å². The zero-order chi connectivity index (χ0) is 30.4. The molecule has 4 nitrogen and oxygen atoms in total. The van der Waals surface area contributed by atoms with Crippen molar-refractivity contribution in [1.82, 2.24) is 9.62 Å². The van der Waals surface area contributed by atoms with Crippen LogP contribution in [0.25, 0.3) is 0 Å². The van der Waals surface area contributed by atoms with Crippen LogP contribution in [0.2, 0.25) is 0 Å². The molecule has 0 fully saturated rings. The highest BCUT2D eigenvalue weighted by Crippen LogP contribution is 2.38. The van der Waals surface area contributed by atoms with Gasteiger partial charge in [0.15, 0.2) is 0 Å². The lowest BCUT2D eigenvalue weighted by Gasteiger charge is -2.35. The zero-order valence-corrected chi connectivity index (χ0v) is 27.5. The summed E-state index contributed by atoms with van der Waals surface area (Å²) in [5.74, 6) is -0.00534. The van der Waals surface area contributed by atoms with E-state index in [2.05, 4.69) is 93.1 Å². The van der Waals surface area contributed by atoms with E-state index in [0.29, 0.717) is 5.56 Å². The molecule has 4 aromatic rings.